The van der Waals surface area contributed by atoms with Gasteiger partial charge >= 0.3 is 0 Å². The molecule has 1 saturated heterocycles. The fourth-order valence-corrected chi connectivity index (χ4v) is 6.06. The number of rotatable bonds is 2. The molecule has 0 amide bonds. The van der Waals surface area contributed by atoms with Crippen LogP contribution in [0.15, 0.2) is 0 Å². The van der Waals surface area contributed by atoms with E-state index in [2.05, 4.69) is 24.1 Å². The van der Waals surface area contributed by atoms with Crippen molar-refractivity contribution in [1.82, 2.24) is 10.2 Å². The smallest absolute Gasteiger partial charge is 0.0335 e. The molecule has 4 aliphatic rings. The van der Waals surface area contributed by atoms with Crippen LogP contribution in [-0.4, -0.2) is 35.6 Å². The van der Waals surface area contributed by atoms with Gasteiger partial charge in [0.1, 0.15) is 0 Å². The van der Waals surface area contributed by atoms with Crippen LogP contribution in [0.4, 0.5) is 0 Å². The van der Waals surface area contributed by atoms with Gasteiger partial charge in [0, 0.05) is 30.7 Å². The number of fused-ring (bicyclic) bond motifs is 2. The summed E-state index contributed by atoms with van der Waals surface area (Å²) in [4.78, 5) is 2.97. The maximum atomic E-state index is 3.87. The van der Waals surface area contributed by atoms with Crippen LogP contribution in [0, 0.1) is 17.8 Å². The van der Waals surface area contributed by atoms with Crippen molar-refractivity contribution >= 4 is 0 Å². The predicted octanol–water partition coefficient (Wildman–Crippen LogP) is 3.81. The van der Waals surface area contributed by atoms with Gasteiger partial charge in [0.05, 0.1) is 0 Å². The van der Waals surface area contributed by atoms with E-state index in [1.165, 1.54) is 58.2 Å². The standard InChI is InChI=1S/C19H34N2/c1-18(2)14-21(12-17-11-15-6-7-16(17)10-15)19(13-20-18)8-4-3-5-9-19/h15-17,20H,3-14H2,1-2H3. The lowest BCUT2D eigenvalue weighted by atomic mass is 9.75. The van der Waals surface area contributed by atoms with Gasteiger partial charge in [0.2, 0.25) is 0 Å². The van der Waals surface area contributed by atoms with Crippen molar-refractivity contribution in [3.8, 4) is 0 Å². The summed E-state index contributed by atoms with van der Waals surface area (Å²) < 4.78 is 0. The number of nitrogens with zero attached hydrogens (tertiary/aromatic N) is 1. The molecular weight excluding hydrogens is 256 g/mol. The summed E-state index contributed by atoms with van der Waals surface area (Å²) in [5.41, 5.74) is 0.815. The molecule has 3 saturated carbocycles. The van der Waals surface area contributed by atoms with E-state index in [0.717, 1.165) is 17.8 Å². The molecule has 1 N–H and O–H groups in total. The summed E-state index contributed by atoms with van der Waals surface area (Å²) in [5, 5.41) is 3.87. The van der Waals surface area contributed by atoms with Crippen molar-refractivity contribution in [2.75, 3.05) is 19.6 Å². The molecule has 2 heteroatoms. The van der Waals surface area contributed by atoms with E-state index in [1.807, 2.05) is 0 Å². The van der Waals surface area contributed by atoms with Gasteiger partial charge < -0.3 is 5.32 Å². The molecule has 120 valence electrons. The Bertz CT molecular complexity index is 383. The fourth-order valence-electron chi connectivity index (χ4n) is 6.06. The first-order valence-electron chi connectivity index (χ1n) is 9.56. The number of hydrogen-bond acceptors (Lipinski definition) is 2. The third-order valence-corrected chi connectivity index (χ3v) is 7.28. The minimum atomic E-state index is 0.306. The zero-order valence-corrected chi connectivity index (χ0v) is 14.2. The van der Waals surface area contributed by atoms with E-state index in [4.69, 9.17) is 0 Å². The van der Waals surface area contributed by atoms with Crippen LogP contribution in [0.2, 0.25) is 0 Å². The highest BCUT2D eigenvalue weighted by atomic mass is 15.3. The highest BCUT2D eigenvalue weighted by molar-refractivity contribution is 5.05. The first kappa shape index (κ1) is 14.5. The molecule has 3 unspecified atom stereocenters. The van der Waals surface area contributed by atoms with Crippen LogP contribution in [0.5, 0.6) is 0 Å². The second-order valence-electron chi connectivity index (χ2n) is 9.34. The zero-order valence-electron chi connectivity index (χ0n) is 14.2. The van der Waals surface area contributed by atoms with Crippen LogP contribution in [0.3, 0.4) is 0 Å². The molecule has 1 aliphatic heterocycles. The average Bonchev–Trinajstić information content (AvgIpc) is 3.07. The first-order chi connectivity index (χ1) is 10.1. The largest absolute Gasteiger partial charge is 0.309 e. The van der Waals surface area contributed by atoms with Gasteiger partial charge in [-0.2, -0.15) is 0 Å². The maximum absolute atomic E-state index is 3.87. The zero-order chi connectivity index (χ0) is 14.5. The second kappa shape index (κ2) is 5.23. The van der Waals surface area contributed by atoms with E-state index in [9.17, 15) is 0 Å². The van der Waals surface area contributed by atoms with Crippen molar-refractivity contribution in [1.29, 1.82) is 0 Å². The lowest BCUT2D eigenvalue weighted by molar-refractivity contribution is -0.0249. The molecule has 4 fully saturated rings. The molecule has 21 heavy (non-hydrogen) atoms. The van der Waals surface area contributed by atoms with Crippen molar-refractivity contribution < 1.29 is 0 Å². The quantitative estimate of drug-likeness (QED) is 0.832. The molecule has 0 aromatic rings. The monoisotopic (exact) mass is 290 g/mol. The summed E-state index contributed by atoms with van der Waals surface area (Å²) in [7, 11) is 0. The van der Waals surface area contributed by atoms with Gasteiger partial charge in [0.25, 0.3) is 0 Å². The van der Waals surface area contributed by atoms with Crippen molar-refractivity contribution in [3.05, 3.63) is 0 Å². The minimum Gasteiger partial charge on any atom is -0.309 e. The highest BCUT2D eigenvalue weighted by Gasteiger charge is 2.47. The number of hydrogen-bond donors (Lipinski definition) is 1. The van der Waals surface area contributed by atoms with Gasteiger partial charge in [-0.05, 0) is 63.7 Å². The van der Waals surface area contributed by atoms with Gasteiger partial charge in [0.15, 0.2) is 0 Å². The van der Waals surface area contributed by atoms with Gasteiger partial charge in [-0.1, -0.05) is 25.7 Å². The number of piperazine rings is 1. The molecule has 2 nitrogen and oxygen atoms in total. The Hall–Kier alpha value is -0.0800. The van der Waals surface area contributed by atoms with E-state index in [-0.39, 0.29) is 0 Å². The molecule has 3 atom stereocenters. The van der Waals surface area contributed by atoms with Crippen molar-refractivity contribution in [3.63, 3.8) is 0 Å². The van der Waals surface area contributed by atoms with Gasteiger partial charge in [-0.15, -0.1) is 0 Å². The normalized spacial score (nSPS) is 41.7. The Kier molecular flexibility index (Phi) is 3.61. The molecule has 3 aliphatic carbocycles. The molecule has 2 bridgehead atoms. The third-order valence-electron chi connectivity index (χ3n) is 7.28. The SMILES string of the molecule is CC1(C)CN(CC2CC3CCC2C3)C2(CCCCC2)CN1. The summed E-state index contributed by atoms with van der Waals surface area (Å²) >= 11 is 0. The van der Waals surface area contributed by atoms with E-state index < -0.39 is 0 Å². The average molecular weight is 290 g/mol. The molecule has 0 radical (unpaired) electrons. The summed E-state index contributed by atoms with van der Waals surface area (Å²) in [6.45, 7) is 8.71. The molecule has 1 heterocycles. The highest BCUT2D eigenvalue weighted by Crippen LogP contribution is 2.49. The van der Waals surface area contributed by atoms with E-state index >= 15 is 0 Å². The molecule has 0 aromatic heterocycles. The Morgan fingerprint density at radius 2 is 1.86 bits per heavy atom. The van der Waals surface area contributed by atoms with E-state index in [1.54, 1.807) is 19.3 Å². The molecule has 1 spiro atoms. The Balaban J connectivity index is 1.50. The lowest BCUT2D eigenvalue weighted by Gasteiger charge is -2.55. The Labute approximate surface area is 131 Å². The predicted molar refractivity (Wildman–Crippen MR) is 88.4 cm³/mol. The van der Waals surface area contributed by atoms with Crippen molar-refractivity contribution in [2.45, 2.75) is 82.7 Å². The summed E-state index contributed by atoms with van der Waals surface area (Å²) in [6, 6.07) is 0. The first-order valence-corrected chi connectivity index (χ1v) is 9.56. The lowest BCUT2D eigenvalue weighted by Crippen LogP contribution is -2.69. The molecule has 4 rings (SSSR count). The van der Waals surface area contributed by atoms with Crippen LogP contribution in [0.1, 0.15) is 71.6 Å². The van der Waals surface area contributed by atoms with Crippen molar-refractivity contribution in [2.24, 2.45) is 17.8 Å². The Morgan fingerprint density at radius 3 is 2.52 bits per heavy atom. The van der Waals surface area contributed by atoms with Crippen LogP contribution in [0.25, 0.3) is 0 Å². The van der Waals surface area contributed by atoms with E-state index in [0.29, 0.717) is 11.1 Å². The molecular formula is C19H34N2. The molecule has 0 aromatic carbocycles. The number of nitrogens with one attached hydrogen (secondary N) is 1. The maximum Gasteiger partial charge on any atom is 0.0335 e. The summed E-state index contributed by atoms with van der Waals surface area (Å²) in [5.74, 6) is 3.20. The van der Waals surface area contributed by atoms with Crippen LogP contribution >= 0.6 is 0 Å². The Morgan fingerprint density at radius 1 is 1.05 bits per heavy atom. The third kappa shape index (κ3) is 2.67. The van der Waals surface area contributed by atoms with Gasteiger partial charge in [-0.25, -0.2) is 0 Å². The van der Waals surface area contributed by atoms with Gasteiger partial charge in [-0.3, -0.25) is 4.90 Å². The van der Waals surface area contributed by atoms with Crippen LogP contribution in [-0.2, 0) is 0 Å². The minimum absolute atomic E-state index is 0.306. The topological polar surface area (TPSA) is 15.3 Å². The van der Waals surface area contributed by atoms with Crippen LogP contribution < -0.4 is 5.32 Å². The second-order valence-corrected chi connectivity index (χ2v) is 9.34. The summed E-state index contributed by atoms with van der Waals surface area (Å²) in [6.07, 6.45) is 13.4. The fraction of sp³-hybridized carbons (Fsp3) is 1.00.